The molecule has 1 aromatic rings. The van der Waals surface area contributed by atoms with E-state index in [4.69, 9.17) is 10.00 Å². The minimum absolute atomic E-state index is 0.333. The summed E-state index contributed by atoms with van der Waals surface area (Å²) in [6, 6.07) is 5.51. The molecule has 0 aliphatic carbocycles. The molecular weight excluding hydrogens is 282 g/mol. The Bertz CT molecular complexity index is 463. The molecule has 4 heteroatoms. The van der Waals surface area contributed by atoms with Crippen LogP contribution >= 0.6 is 15.9 Å². The average Bonchev–Trinajstić information content (AvgIpc) is 2.37. The molecule has 0 N–H and O–H groups in total. The SMILES string of the molecule is CCOC(=O)c1cc(C#N)c(CC)c(CBr)c1. The molecule has 90 valence electrons. The Balaban J connectivity index is 3.28. The van der Waals surface area contributed by atoms with Crippen molar-refractivity contribution in [1.29, 1.82) is 5.26 Å². The Labute approximate surface area is 110 Å². The largest absolute Gasteiger partial charge is 0.462 e. The summed E-state index contributed by atoms with van der Waals surface area (Å²) in [5, 5.41) is 9.71. The van der Waals surface area contributed by atoms with Crippen molar-refractivity contribution in [3.63, 3.8) is 0 Å². The normalized spacial score (nSPS) is 9.76. The number of carbonyl (C=O) groups excluding carboxylic acids is 1. The third-order valence-electron chi connectivity index (χ3n) is 2.47. The summed E-state index contributed by atoms with van der Waals surface area (Å²) >= 11 is 3.37. The molecule has 0 aliphatic heterocycles. The Morgan fingerprint density at radius 1 is 1.47 bits per heavy atom. The molecule has 0 spiro atoms. The van der Waals surface area contributed by atoms with E-state index in [0.29, 0.717) is 23.1 Å². The third-order valence-corrected chi connectivity index (χ3v) is 3.08. The molecule has 0 atom stereocenters. The van der Waals surface area contributed by atoms with Gasteiger partial charge in [0, 0.05) is 5.33 Å². The van der Waals surface area contributed by atoms with Gasteiger partial charge in [0.25, 0.3) is 0 Å². The smallest absolute Gasteiger partial charge is 0.338 e. The number of rotatable bonds is 4. The summed E-state index contributed by atoms with van der Waals surface area (Å²) in [5.74, 6) is -0.381. The third kappa shape index (κ3) is 3.07. The van der Waals surface area contributed by atoms with Crippen LogP contribution in [0.3, 0.4) is 0 Å². The summed E-state index contributed by atoms with van der Waals surface area (Å²) < 4.78 is 4.94. The lowest BCUT2D eigenvalue weighted by atomic mass is 9.97. The lowest BCUT2D eigenvalue weighted by Gasteiger charge is -2.10. The van der Waals surface area contributed by atoms with Gasteiger partial charge < -0.3 is 4.74 Å². The summed E-state index contributed by atoms with van der Waals surface area (Å²) in [6.07, 6.45) is 0.771. The molecule has 0 saturated heterocycles. The maximum atomic E-state index is 11.6. The molecule has 0 saturated carbocycles. The number of hydrogen-bond acceptors (Lipinski definition) is 3. The fraction of sp³-hybridized carbons (Fsp3) is 0.385. The highest BCUT2D eigenvalue weighted by atomic mass is 79.9. The fourth-order valence-corrected chi connectivity index (χ4v) is 2.20. The molecule has 17 heavy (non-hydrogen) atoms. The van der Waals surface area contributed by atoms with E-state index < -0.39 is 0 Å². The standard InChI is InChI=1S/C13H14BrNO2/c1-3-12-10(7-14)5-9(6-11(12)8-15)13(16)17-4-2/h5-6H,3-4,7H2,1-2H3. The zero-order valence-electron chi connectivity index (χ0n) is 9.92. The number of nitrogens with zero attached hydrogens (tertiary/aromatic N) is 1. The van der Waals surface area contributed by atoms with Crippen LogP contribution in [0.1, 0.15) is 40.9 Å². The highest BCUT2D eigenvalue weighted by Crippen LogP contribution is 2.21. The number of esters is 1. The summed E-state index contributed by atoms with van der Waals surface area (Å²) in [6.45, 7) is 4.08. The van der Waals surface area contributed by atoms with Crippen LogP contribution < -0.4 is 0 Å². The van der Waals surface area contributed by atoms with Crippen molar-refractivity contribution in [2.75, 3.05) is 6.61 Å². The van der Waals surface area contributed by atoms with E-state index in [2.05, 4.69) is 22.0 Å². The van der Waals surface area contributed by atoms with Crippen LogP contribution in [0.25, 0.3) is 0 Å². The molecule has 0 aromatic heterocycles. The fourth-order valence-electron chi connectivity index (χ4n) is 1.70. The summed E-state index contributed by atoms with van der Waals surface area (Å²) in [4.78, 5) is 11.6. The molecule has 0 aliphatic rings. The van der Waals surface area contributed by atoms with Crippen molar-refractivity contribution >= 4 is 21.9 Å². The molecule has 0 amide bonds. The van der Waals surface area contributed by atoms with Gasteiger partial charge in [-0.05, 0) is 36.6 Å². The predicted octanol–water partition coefficient (Wildman–Crippen LogP) is 3.19. The average molecular weight is 296 g/mol. The van der Waals surface area contributed by atoms with Gasteiger partial charge in [-0.1, -0.05) is 22.9 Å². The minimum Gasteiger partial charge on any atom is -0.462 e. The first-order valence-corrected chi connectivity index (χ1v) is 6.59. The Hall–Kier alpha value is -1.34. The maximum Gasteiger partial charge on any atom is 0.338 e. The zero-order valence-corrected chi connectivity index (χ0v) is 11.5. The monoisotopic (exact) mass is 295 g/mol. The lowest BCUT2D eigenvalue weighted by Crippen LogP contribution is -2.07. The van der Waals surface area contributed by atoms with Crippen molar-refractivity contribution in [3.8, 4) is 6.07 Å². The molecular formula is C13H14BrNO2. The second kappa shape index (κ2) is 6.41. The van der Waals surface area contributed by atoms with E-state index in [1.165, 1.54) is 0 Å². The number of hydrogen-bond donors (Lipinski definition) is 0. The van der Waals surface area contributed by atoms with Gasteiger partial charge in [-0.25, -0.2) is 4.79 Å². The van der Waals surface area contributed by atoms with E-state index >= 15 is 0 Å². The molecule has 0 heterocycles. The second-order valence-electron chi connectivity index (χ2n) is 3.48. The van der Waals surface area contributed by atoms with Crippen LogP contribution in [0.15, 0.2) is 12.1 Å². The topological polar surface area (TPSA) is 50.1 Å². The van der Waals surface area contributed by atoms with Crippen LogP contribution in [-0.2, 0) is 16.5 Å². The number of nitriles is 1. The number of ether oxygens (including phenoxy) is 1. The maximum absolute atomic E-state index is 11.6. The molecule has 1 aromatic carbocycles. The highest BCUT2D eigenvalue weighted by molar-refractivity contribution is 9.08. The molecule has 0 bridgehead atoms. The highest BCUT2D eigenvalue weighted by Gasteiger charge is 2.13. The van der Waals surface area contributed by atoms with Gasteiger partial charge in [0.1, 0.15) is 0 Å². The van der Waals surface area contributed by atoms with Gasteiger partial charge in [0.15, 0.2) is 0 Å². The van der Waals surface area contributed by atoms with Crippen molar-refractivity contribution in [1.82, 2.24) is 0 Å². The number of alkyl halides is 1. The van der Waals surface area contributed by atoms with E-state index in [0.717, 1.165) is 17.5 Å². The van der Waals surface area contributed by atoms with Gasteiger partial charge in [-0.2, -0.15) is 5.26 Å². The molecule has 3 nitrogen and oxygen atoms in total. The van der Waals surface area contributed by atoms with E-state index in [1.54, 1.807) is 19.1 Å². The number of carbonyl (C=O) groups is 1. The second-order valence-corrected chi connectivity index (χ2v) is 4.04. The zero-order chi connectivity index (χ0) is 12.8. The molecule has 0 fully saturated rings. The molecule has 0 unspecified atom stereocenters. The minimum atomic E-state index is -0.381. The summed E-state index contributed by atoms with van der Waals surface area (Å²) in [5.41, 5.74) is 2.94. The van der Waals surface area contributed by atoms with Crippen molar-refractivity contribution in [2.24, 2.45) is 0 Å². The van der Waals surface area contributed by atoms with Crippen molar-refractivity contribution in [2.45, 2.75) is 25.6 Å². The van der Waals surface area contributed by atoms with E-state index in [-0.39, 0.29) is 5.97 Å². The molecule has 1 rings (SSSR count). The summed E-state index contributed by atoms with van der Waals surface area (Å²) in [7, 11) is 0. The van der Waals surface area contributed by atoms with Gasteiger partial charge in [-0.15, -0.1) is 0 Å². The number of benzene rings is 1. The first-order chi connectivity index (χ1) is 8.17. The van der Waals surface area contributed by atoms with E-state index in [9.17, 15) is 4.79 Å². The Morgan fingerprint density at radius 2 is 2.18 bits per heavy atom. The Kier molecular flexibility index (Phi) is 5.17. The van der Waals surface area contributed by atoms with Gasteiger partial charge in [-0.3, -0.25) is 0 Å². The quantitative estimate of drug-likeness (QED) is 0.633. The van der Waals surface area contributed by atoms with Gasteiger partial charge in [0.05, 0.1) is 23.8 Å². The van der Waals surface area contributed by atoms with Crippen LogP contribution in [-0.4, -0.2) is 12.6 Å². The first-order valence-electron chi connectivity index (χ1n) is 5.46. The predicted molar refractivity (Wildman–Crippen MR) is 69.1 cm³/mol. The van der Waals surface area contributed by atoms with Crippen molar-refractivity contribution in [3.05, 3.63) is 34.4 Å². The van der Waals surface area contributed by atoms with Crippen LogP contribution in [0.5, 0.6) is 0 Å². The first kappa shape index (κ1) is 13.7. The van der Waals surface area contributed by atoms with Gasteiger partial charge >= 0.3 is 5.97 Å². The number of halogens is 1. The van der Waals surface area contributed by atoms with Crippen LogP contribution in [0, 0.1) is 11.3 Å². The molecule has 0 radical (unpaired) electrons. The van der Waals surface area contributed by atoms with Crippen molar-refractivity contribution < 1.29 is 9.53 Å². The van der Waals surface area contributed by atoms with E-state index in [1.807, 2.05) is 6.92 Å². The van der Waals surface area contributed by atoms with Crippen LogP contribution in [0.2, 0.25) is 0 Å². The van der Waals surface area contributed by atoms with Crippen LogP contribution in [0.4, 0.5) is 0 Å². The van der Waals surface area contributed by atoms with Gasteiger partial charge in [0.2, 0.25) is 0 Å². The Morgan fingerprint density at radius 3 is 2.65 bits per heavy atom. The lowest BCUT2D eigenvalue weighted by molar-refractivity contribution is 0.0526.